The molecule has 1 amide bonds. The Morgan fingerprint density at radius 2 is 1.90 bits per heavy atom. The molecule has 0 bridgehead atoms. The average Bonchev–Trinajstić information content (AvgIpc) is 2.50. The van der Waals surface area contributed by atoms with Crippen LogP contribution in [0.15, 0.2) is 54.6 Å². The molecule has 1 fully saturated rings. The van der Waals surface area contributed by atoms with Gasteiger partial charge >= 0.3 is 0 Å². The quantitative estimate of drug-likeness (QED) is 0.906. The second-order valence-corrected chi connectivity index (χ2v) is 5.62. The molecular formula is C18H20N2O. The number of nitrogens with one attached hydrogen (secondary N) is 2. The molecule has 0 unspecified atom stereocenters. The van der Waals surface area contributed by atoms with Crippen molar-refractivity contribution in [1.29, 1.82) is 0 Å². The van der Waals surface area contributed by atoms with Gasteiger partial charge in [0.25, 0.3) is 0 Å². The van der Waals surface area contributed by atoms with Gasteiger partial charge in [-0.3, -0.25) is 10.1 Å². The lowest BCUT2D eigenvalue weighted by atomic mass is 9.98. The van der Waals surface area contributed by atoms with Crippen molar-refractivity contribution >= 4 is 5.91 Å². The van der Waals surface area contributed by atoms with Crippen molar-refractivity contribution in [2.75, 3.05) is 6.54 Å². The van der Waals surface area contributed by atoms with Crippen LogP contribution in [0.25, 0.3) is 0 Å². The lowest BCUT2D eigenvalue weighted by Crippen LogP contribution is -2.55. The molecule has 0 aliphatic carbocycles. The van der Waals surface area contributed by atoms with Crippen LogP contribution in [0.5, 0.6) is 0 Å². The molecule has 2 aromatic carbocycles. The summed E-state index contributed by atoms with van der Waals surface area (Å²) in [7, 11) is 0. The Labute approximate surface area is 125 Å². The van der Waals surface area contributed by atoms with Crippen molar-refractivity contribution in [3.63, 3.8) is 0 Å². The standard InChI is InChI=1S/C18H20N2O/c1-13-6-5-7-14(10-13)11-16-18(21)19-12-17(20-16)15-8-3-2-4-9-15/h2-10,16-17,20H,11-12H2,1H3,(H,19,21)/t16-,17-/m1/s1. The summed E-state index contributed by atoms with van der Waals surface area (Å²) in [6.07, 6.45) is 0.719. The molecule has 1 saturated heterocycles. The van der Waals surface area contributed by atoms with Crippen molar-refractivity contribution < 1.29 is 4.79 Å². The maximum absolute atomic E-state index is 12.1. The first-order valence-corrected chi connectivity index (χ1v) is 7.36. The molecule has 3 rings (SSSR count). The Bertz CT molecular complexity index is 624. The average molecular weight is 280 g/mol. The summed E-state index contributed by atoms with van der Waals surface area (Å²) in [6.45, 7) is 2.72. The third-order valence-electron chi connectivity index (χ3n) is 3.92. The minimum Gasteiger partial charge on any atom is -0.353 e. The number of carbonyl (C=O) groups is 1. The fourth-order valence-electron chi connectivity index (χ4n) is 2.83. The monoisotopic (exact) mass is 280 g/mol. The van der Waals surface area contributed by atoms with Crippen molar-refractivity contribution in [3.8, 4) is 0 Å². The zero-order chi connectivity index (χ0) is 14.7. The van der Waals surface area contributed by atoms with Crippen molar-refractivity contribution in [1.82, 2.24) is 10.6 Å². The van der Waals surface area contributed by atoms with Crippen LogP contribution in [0.3, 0.4) is 0 Å². The van der Waals surface area contributed by atoms with Crippen molar-refractivity contribution in [3.05, 3.63) is 71.3 Å². The third-order valence-corrected chi connectivity index (χ3v) is 3.92. The van der Waals surface area contributed by atoms with Gasteiger partial charge in [0, 0.05) is 6.54 Å². The highest BCUT2D eigenvalue weighted by Gasteiger charge is 2.28. The number of aryl methyl sites for hydroxylation is 1. The zero-order valence-corrected chi connectivity index (χ0v) is 12.2. The smallest absolute Gasteiger partial charge is 0.237 e. The lowest BCUT2D eigenvalue weighted by Gasteiger charge is -2.31. The van der Waals surface area contributed by atoms with Gasteiger partial charge in [0.15, 0.2) is 0 Å². The summed E-state index contributed by atoms with van der Waals surface area (Å²) < 4.78 is 0. The second-order valence-electron chi connectivity index (χ2n) is 5.62. The van der Waals surface area contributed by atoms with Crippen LogP contribution in [0.4, 0.5) is 0 Å². The third kappa shape index (κ3) is 3.31. The van der Waals surface area contributed by atoms with Crippen LogP contribution in [0, 0.1) is 6.92 Å². The first-order chi connectivity index (χ1) is 10.2. The van der Waals surface area contributed by atoms with Gasteiger partial charge in [-0.2, -0.15) is 0 Å². The van der Waals surface area contributed by atoms with E-state index >= 15 is 0 Å². The first kappa shape index (κ1) is 13.8. The highest BCUT2D eigenvalue weighted by atomic mass is 16.2. The van der Waals surface area contributed by atoms with Gasteiger partial charge in [-0.05, 0) is 24.5 Å². The molecule has 2 aromatic rings. The Balaban J connectivity index is 1.73. The highest BCUT2D eigenvalue weighted by molar-refractivity contribution is 5.83. The van der Waals surface area contributed by atoms with E-state index < -0.39 is 0 Å². The summed E-state index contributed by atoms with van der Waals surface area (Å²) in [5, 5.41) is 6.49. The van der Waals surface area contributed by atoms with E-state index in [9.17, 15) is 4.79 Å². The van der Waals surface area contributed by atoms with E-state index in [1.165, 1.54) is 16.7 Å². The van der Waals surface area contributed by atoms with Gasteiger partial charge in [-0.15, -0.1) is 0 Å². The topological polar surface area (TPSA) is 41.1 Å². The number of piperazine rings is 1. The van der Waals surface area contributed by atoms with E-state index in [0.717, 1.165) is 6.42 Å². The maximum atomic E-state index is 12.1. The van der Waals surface area contributed by atoms with Crippen LogP contribution in [0.2, 0.25) is 0 Å². The van der Waals surface area contributed by atoms with Crippen LogP contribution in [-0.2, 0) is 11.2 Å². The fraction of sp³-hybridized carbons (Fsp3) is 0.278. The van der Waals surface area contributed by atoms with Gasteiger partial charge in [0.2, 0.25) is 5.91 Å². The molecule has 2 atom stereocenters. The summed E-state index contributed by atoms with van der Waals surface area (Å²) >= 11 is 0. The van der Waals surface area contributed by atoms with Gasteiger partial charge in [0.05, 0.1) is 12.1 Å². The molecule has 3 heteroatoms. The van der Waals surface area contributed by atoms with E-state index in [4.69, 9.17) is 0 Å². The van der Waals surface area contributed by atoms with E-state index in [-0.39, 0.29) is 18.0 Å². The molecule has 1 aliphatic rings. The Hall–Kier alpha value is -2.13. The SMILES string of the molecule is Cc1cccc(C[C@H]2N[C@@H](c3ccccc3)CNC2=O)c1. The Morgan fingerprint density at radius 1 is 1.10 bits per heavy atom. The number of hydrogen-bond donors (Lipinski definition) is 2. The molecule has 3 nitrogen and oxygen atoms in total. The van der Waals surface area contributed by atoms with Gasteiger partial charge in [-0.25, -0.2) is 0 Å². The van der Waals surface area contributed by atoms with Crippen LogP contribution >= 0.6 is 0 Å². The van der Waals surface area contributed by atoms with Crippen molar-refractivity contribution in [2.24, 2.45) is 0 Å². The van der Waals surface area contributed by atoms with E-state index in [1.807, 2.05) is 24.3 Å². The van der Waals surface area contributed by atoms with Gasteiger partial charge in [0.1, 0.15) is 0 Å². The van der Waals surface area contributed by atoms with Crippen LogP contribution in [-0.4, -0.2) is 18.5 Å². The van der Waals surface area contributed by atoms with E-state index in [1.54, 1.807) is 0 Å². The first-order valence-electron chi connectivity index (χ1n) is 7.36. The molecule has 0 spiro atoms. The molecule has 0 saturated carbocycles. The number of benzene rings is 2. The zero-order valence-electron chi connectivity index (χ0n) is 12.2. The summed E-state index contributed by atoms with van der Waals surface area (Å²) in [5.74, 6) is 0.0867. The Morgan fingerprint density at radius 3 is 2.67 bits per heavy atom. The fourth-order valence-corrected chi connectivity index (χ4v) is 2.83. The number of hydrogen-bond acceptors (Lipinski definition) is 2. The normalized spacial score (nSPS) is 21.9. The molecular weight excluding hydrogens is 260 g/mol. The molecule has 2 N–H and O–H groups in total. The number of rotatable bonds is 3. The van der Waals surface area contributed by atoms with Crippen LogP contribution < -0.4 is 10.6 Å². The molecule has 108 valence electrons. The molecule has 0 radical (unpaired) electrons. The summed E-state index contributed by atoms with van der Waals surface area (Å²) in [6, 6.07) is 18.6. The predicted octanol–water partition coefficient (Wildman–Crippen LogP) is 2.37. The number of carbonyl (C=O) groups excluding carboxylic acids is 1. The van der Waals surface area contributed by atoms with Gasteiger partial charge in [-0.1, -0.05) is 60.2 Å². The number of amides is 1. The van der Waals surface area contributed by atoms with E-state index in [0.29, 0.717) is 6.54 Å². The van der Waals surface area contributed by atoms with Gasteiger partial charge < -0.3 is 5.32 Å². The van der Waals surface area contributed by atoms with E-state index in [2.05, 4.69) is 47.9 Å². The maximum Gasteiger partial charge on any atom is 0.237 e. The minimum atomic E-state index is -0.175. The largest absolute Gasteiger partial charge is 0.353 e. The molecule has 1 aliphatic heterocycles. The molecule has 1 heterocycles. The Kier molecular flexibility index (Phi) is 4.02. The van der Waals surface area contributed by atoms with Crippen LogP contribution in [0.1, 0.15) is 22.7 Å². The second kappa shape index (κ2) is 6.10. The minimum absolute atomic E-state index is 0.0867. The summed E-state index contributed by atoms with van der Waals surface area (Å²) in [5.41, 5.74) is 3.63. The van der Waals surface area contributed by atoms with Crippen molar-refractivity contribution in [2.45, 2.75) is 25.4 Å². The lowest BCUT2D eigenvalue weighted by molar-refractivity contribution is -0.125. The molecule has 0 aromatic heterocycles. The molecule has 21 heavy (non-hydrogen) atoms. The predicted molar refractivity (Wildman–Crippen MR) is 84.0 cm³/mol. The summed E-state index contributed by atoms with van der Waals surface area (Å²) in [4.78, 5) is 12.1. The highest BCUT2D eigenvalue weighted by Crippen LogP contribution is 2.17.